The molecule has 0 aliphatic heterocycles. The maximum atomic E-state index is 12.1. The molecule has 2 heterocycles. The van der Waals surface area contributed by atoms with Gasteiger partial charge in [0, 0.05) is 30.7 Å². The second-order valence-corrected chi connectivity index (χ2v) is 5.17. The van der Waals surface area contributed by atoms with Gasteiger partial charge in [-0.3, -0.25) is 4.68 Å². The molecule has 0 unspecified atom stereocenters. The Morgan fingerprint density at radius 1 is 1.38 bits per heavy atom. The first-order valence-electron chi connectivity index (χ1n) is 7.15. The van der Waals surface area contributed by atoms with Crippen LogP contribution >= 0.6 is 0 Å². The SMILES string of the molecule is COC(=O)c1c(N)c(C#N)cn1-c1cccc(-c2ccnn2C)c1. The summed E-state index contributed by atoms with van der Waals surface area (Å²) in [5.41, 5.74) is 8.94. The van der Waals surface area contributed by atoms with Crippen molar-refractivity contribution in [2.75, 3.05) is 12.8 Å². The van der Waals surface area contributed by atoms with E-state index in [4.69, 9.17) is 10.5 Å². The number of nitrogens with zero attached hydrogens (tertiary/aromatic N) is 4. The van der Waals surface area contributed by atoms with Crippen LogP contribution in [0.25, 0.3) is 16.9 Å². The Kier molecular flexibility index (Phi) is 3.80. The number of ether oxygens (including phenoxy) is 1. The summed E-state index contributed by atoms with van der Waals surface area (Å²) in [4.78, 5) is 12.1. The summed E-state index contributed by atoms with van der Waals surface area (Å²) < 4.78 is 8.12. The quantitative estimate of drug-likeness (QED) is 0.745. The normalized spacial score (nSPS) is 10.4. The van der Waals surface area contributed by atoms with E-state index >= 15 is 0 Å². The van der Waals surface area contributed by atoms with Crippen molar-refractivity contribution >= 4 is 11.7 Å². The molecular formula is C17H15N5O2. The van der Waals surface area contributed by atoms with Crippen LogP contribution in [-0.2, 0) is 11.8 Å². The van der Waals surface area contributed by atoms with Crippen molar-refractivity contribution in [3.63, 3.8) is 0 Å². The molecule has 0 aliphatic carbocycles. The number of carbonyl (C=O) groups is 1. The number of anilines is 1. The Bertz CT molecular complexity index is 962. The number of carbonyl (C=O) groups excluding carboxylic acids is 1. The van der Waals surface area contributed by atoms with Crippen molar-refractivity contribution in [1.29, 1.82) is 5.26 Å². The summed E-state index contributed by atoms with van der Waals surface area (Å²) in [5.74, 6) is -0.597. The Balaban J connectivity index is 2.19. The first-order chi connectivity index (χ1) is 11.6. The molecule has 3 rings (SSSR count). The zero-order valence-electron chi connectivity index (χ0n) is 13.2. The zero-order chi connectivity index (χ0) is 17.3. The zero-order valence-corrected chi connectivity index (χ0v) is 13.2. The fraction of sp³-hybridized carbons (Fsp3) is 0.118. The van der Waals surface area contributed by atoms with E-state index in [0.717, 1.165) is 11.3 Å². The second-order valence-electron chi connectivity index (χ2n) is 5.17. The summed E-state index contributed by atoms with van der Waals surface area (Å²) in [6.07, 6.45) is 3.24. The second kappa shape index (κ2) is 5.93. The fourth-order valence-corrected chi connectivity index (χ4v) is 2.59. The number of hydrogen-bond donors (Lipinski definition) is 1. The van der Waals surface area contributed by atoms with Gasteiger partial charge in [-0.25, -0.2) is 4.79 Å². The molecular weight excluding hydrogens is 306 g/mol. The lowest BCUT2D eigenvalue weighted by Gasteiger charge is -2.10. The van der Waals surface area contributed by atoms with Crippen LogP contribution in [0.2, 0.25) is 0 Å². The molecule has 0 bridgehead atoms. The van der Waals surface area contributed by atoms with Gasteiger partial charge in [-0.05, 0) is 18.2 Å². The Labute approximate surface area is 138 Å². The van der Waals surface area contributed by atoms with Crippen molar-refractivity contribution in [2.45, 2.75) is 0 Å². The molecule has 3 aromatic rings. The third-order valence-electron chi connectivity index (χ3n) is 3.78. The van der Waals surface area contributed by atoms with Gasteiger partial charge in [-0.1, -0.05) is 12.1 Å². The minimum absolute atomic E-state index is 0.107. The maximum Gasteiger partial charge on any atom is 0.357 e. The molecule has 0 fully saturated rings. The number of nitrogens with two attached hydrogens (primary N) is 1. The van der Waals surface area contributed by atoms with Gasteiger partial charge in [-0.2, -0.15) is 10.4 Å². The monoisotopic (exact) mass is 321 g/mol. The van der Waals surface area contributed by atoms with Gasteiger partial charge in [0.1, 0.15) is 6.07 Å². The summed E-state index contributed by atoms with van der Waals surface area (Å²) in [6, 6.07) is 11.4. The van der Waals surface area contributed by atoms with Gasteiger partial charge in [0.05, 0.1) is 24.1 Å². The van der Waals surface area contributed by atoms with Crippen molar-refractivity contribution in [1.82, 2.24) is 14.3 Å². The number of rotatable bonds is 3. The number of nitrogen functional groups attached to an aromatic ring is 1. The largest absolute Gasteiger partial charge is 0.464 e. The number of hydrogen-bond acceptors (Lipinski definition) is 5. The van der Waals surface area contributed by atoms with Gasteiger partial charge in [0.15, 0.2) is 5.69 Å². The molecule has 2 N–H and O–H groups in total. The van der Waals surface area contributed by atoms with E-state index in [1.807, 2.05) is 43.4 Å². The van der Waals surface area contributed by atoms with Crippen LogP contribution in [0.1, 0.15) is 16.1 Å². The summed E-state index contributed by atoms with van der Waals surface area (Å²) >= 11 is 0. The van der Waals surface area contributed by atoms with E-state index in [9.17, 15) is 10.1 Å². The molecule has 0 spiro atoms. The van der Waals surface area contributed by atoms with Crippen LogP contribution in [0.15, 0.2) is 42.7 Å². The van der Waals surface area contributed by atoms with Crippen LogP contribution in [0, 0.1) is 11.3 Å². The van der Waals surface area contributed by atoms with E-state index in [1.54, 1.807) is 15.4 Å². The maximum absolute atomic E-state index is 12.1. The molecule has 2 aromatic heterocycles. The molecule has 24 heavy (non-hydrogen) atoms. The highest BCUT2D eigenvalue weighted by Gasteiger charge is 2.21. The van der Waals surface area contributed by atoms with Crippen LogP contribution in [0.5, 0.6) is 0 Å². The number of esters is 1. The van der Waals surface area contributed by atoms with Crippen LogP contribution in [0.3, 0.4) is 0 Å². The fourth-order valence-electron chi connectivity index (χ4n) is 2.59. The smallest absolute Gasteiger partial charge is 0.357 e. The van der Waals surface area contributed by atoms with E-state index in [1.165, 1.54) is 13.3 Å². The number of aryl methyl sites for hydroxylation is 1. The van der Waals surface area contributed by atoms with Gasteiger partial charge in [0.2, 0.25) is 0 Å². The average Bonchev–Trinajstić information content (AvgIpc) is 3.17. The topological polar surface area (TPSA) is 98.9 Å². The molecule has 0 radical (unpaired) electrons. The van der Waals surface area contributed by atoms with Crippen molar-refractivity contribution in [2.24, 2.45) is 7.05 Å². The minimum atomic E-state index is -0.597. The lowest BCUT2D eigenvalue weighted by molar-refractivity contribution is 0.0593. The number of nitriles is 1. The highest BCUT2D eigenvalue weighted by Crippen LogP contribution is 2.27. The molecule has 0 amide bonds. The predicted molar refractivity (Wildman–Crippen MR) is 88.4 cm³/mol. The lowest BCUT2D eigenvalue weighted by Crippen LogP contribution is -2.11. The third kappa shape index (κ3) is 2.40. The van der Waals surface area contributed by atoms with E-state index in [2.05, 4.69) is 5.10 Å². The summed E-state index contributed by atoms with van der Waals surface area (Å²) in [6.45, 7) is 0. The molecule has 0 saturated heterocycles. The molecule has 0 atom stereocenters. The third-order valence-corrected chi connectivity index (χ3v) is 3.78. The van der Waals surface area contributed by atoms with Crippen LogP contribution in [0.4, 0.5) is 5.69 Å². The highest BCUT2D eigenvalue weighted by atomic mass is 16.5. The Morgan fingerprint density at radius 2 is 2.17 bits per heavy atom. The summed E-state index contributed by atoms with van der Waals surface area (Å²) in [7, 11) is 3.13. The molecule has 7 nitrogen and oxygen atoms in total. The average molecular weight is 321 g/mol. The first kappa shape index (κ1) is 15.4. The van der Waals surface area contributed by atoms with Crippen LogP contribution < -0.4 is 5.73 Å². The van der Waals surface area contributed by atoms with E-state index in [-0.39, 0.29) is 16.9 Å². The van der Waals surface area contributed by atoms with Crippen molar-refractivity contribution < 1.29 is 9.53 Å². The van der Waals surface area contributed by atoms with E-state index < -0.39 is 5.97 Å². The molecule has 0 aliphatic rings. The van der Waals surface area contributed by atoms with Gasteiger partial charge in [-0.15, -0.1) is 0 Å². The van der Waals surface area contributed by atoms with Gasteiger partial charge in [0.25, 0.3) is 0 Å². The van der Waals surface area contributed by atoms with Gasteiger partial charge >= 0.3 is 5.97 Å². The van der Waals surface area contributed by atoms with Gasteiger partial charge < -0.3 is 15.0 Å². The minimum Gasteiger partial charge on any atom is -0.464 e. The molecule has 1 aromatic carbocycles. The number of benzene rings is 1. The van der Waals surface area contributed by atoms with Crippen molar-refractivity contribution in [3.8, 4) is 23.0 Å². The molecule has 0 saturated carbocycles. The number of aromatic nitrogens is 3. The standard InChI is InChI=1S/C17H15N5O2/c1-21-14(6-7-20-21)11-4-3-5-13(8-11)22-10-12(9-18)15(19)16(22)17(23)24-2/h3-8,10H,19H2,1-2H3. The molecule has 120 valence electrons. The summed E-state index contributed by atoms with van der Waals surface area (Å²) in [5, 5.41) is 13.4. The van der Waals surface area contributed by atoms with Crippen molar-refractivity contribution in [3.05, 3.63) is 54.0 Å². The first-order valence-corrected chi connectivity index (χ1v) is 7.15. The number of methoxy groups -OCH3 is 1. The van der Waals surface area contributed by atoms with Crippen LogP contribution in [-0.4, -0.2) is 27.4 Å². The highest BCUT2D eigenvalue weighted by molar-refractivity contribution is 5.96. The lowest BCUT2D eigenvalue weighted by atomic mass is 10.1. The van der Waals surface area contributed by atoms with E-state index in [0.29, 0.717) is 5.69 Å². The Morgan fingerprint density at radius 3 is 2.79 bits per heavy atom. The Hall–Kier alpha value is -3.53. The molecule has 7 heteroatoms. The predicted octanol–water partition coefficient (Wildman–Crippen LogP) is 2.12.